The van der Waals surface area contributed by atoms with Crippen LogP contribution in [-0.2, 0) is 6.54 Å². The summed E-state index contributed by atoms with van der Waals surface area (Å²) in [4.78, 5) is 13.1. The SMILES string of the molecule is CNCc1ccc(C(=O)N(C)C)cc1.Cl. The van der Waals surface area contributed by atoms with Crippen molar-refractivity contribution < 1.29 is 4.79 Å². The van der Waals surface area contributed by atoms with E-state index in [2.05, 4.69) is 5.32 Å². The van der Waals surface area contributed by atoms with Crippen LogP contribution in [0.3, 0.4) is 0 Å². The van der Waals surface area contributed by atoms with Gasteiger partial charge in [-0.1, -0.05) is 12.1 Å². The lowest BCUT2D eigenvalue weighted by Gasteiger charge is -2.10. The van der Waals surface area contributed by atoms with Gasteiger partial charge < -0.3 is 10.2 Å². The zero-order valence-electron chi connectivity index (χ0n) is 9.28. The Kier molecular flexibility index (Phi) is 5.97. The Balaban J connectivity index is 0.00000196. The lowest BCUT2D eigenvalue weighted by atomic mass is 10.1. The number of nitrogens with zero attached hydrogens (tertiary/aromatic N) is 1. The molecule has 0 bridgehead atoms. The molecule has 1 rings (SSSR count). The molecule has 3 nitrogen and oxygen atoms in total. The second-order valence-corrected chi connectivity index (χ2v) is 3.43. The third-order valence-corrected chi connectivity index (χ3v) is 1.99. The topological polar surface area (TPSA) is 32.3 Å². The average molecular weight is 229 g/mol. The smallest absolute Gasteiger partial charge is 0.253 e. The highest BCUT2D eigenvalue weighted by atomic mass is 35.5. The Morgan fingerprint density at radius 2 is 1.80 bits per heavy atom. The van der Waals surface area contributed by atoms with Crippen molar-refractivity contribution in [3.05, 3.63) is 35.4 Å². The third kappa shape index (κ3) is 3.90. The van der Waals surface area contributed by atoms with Gasteiger partial charge in [0.15, 0.2) is 0 Å². The number of nitrogens with one attached hydrogen (secondary N) is 1. The molecule has 84 valence electrons. The Labute approximate surface area is 96.9 Å². The molecule has 4 heteroatoms. The molecule has 0 heterocycles. The Morgan fingerprint density at radius 3 is 2.20 bits per heavy atom. The minimum atomic E-state index is 0. The fourth-order valence-corrected chi connectivity index (χ4v) is 1.23. The van der Waals surface area contributed by atoms with Crippen molar-refractivity contribution in [2.45, 2.75) is 6.54 Å². The van der Waals surface area contributed by atoms with Gasteiger partial charge in [-0.25, -0.2) is 0 Å². The fourth-order valence-electron chi connectivity index (χ4n) is 1.23. The van der Waals surface area contributed by atoms with Crippen molar-refractivity contribution in [3.8, 4) is 0 Å². The van der Waals surface area contributed by atoms with Gasteiger partial charge in [0.25, 0.3) is 5.91 Å². The van der Waals surface area contributed by atoms with E-state index in [9.17, 15) is 4.79 Å². The first-order valence-electron chi connectivity index (χ1n) is 4.60. The van der Waals surface area contributed by atoms with Crippen molar-refractivity contribution in [2.24, 2.45) is 0 Å². The second-order valence-electron chi connectivity index (χ2n) is 3.43. The molecule has 1 N–H and O–H groups in total. The Hall–Kier alpha value is -1.06. The van der Waals surface area contributed by atoms with Crippen molar-refractivity contribution in [3.63, 3.8) is 0 Å². The van der Waals surface area contributed by atoms with Crippen LogP contribution < -0.4 is 5.32 Å². The zero-order valence-corrected chi connectivity index (χ0v) is 10.1. The van der Waals surface area contributed by atoms with Crippen molar-refractivity contribution in [2.75, 3.05) is 21.1 Å². The molecule has 0 fully saturated rings. The predicted octanol–water partition coefficient (Wildman–Crippen LogP) is 1.53. The number of halogens is 1. The van der Waals surface area contributed by atoms with Gasteiger partial charge in [-0.3, -0.25) is 4.79 Å². The van der Waals surface area contributed by atoms with Crippen LogP contribution in [0.2, 0.25) is 0 Å². The molecule has 1 aromatic rings. The maximum absolute atomic E-state index is 11.5. The molecule has 0 aliphatic rings. The summed E-state index contributed by atoms with van der Waals surface area (Å²) in [6.45, 7) is 0.830. The highest BCUT2D eigenvalue weighted by Gasteiger charge is 2.06. The predicted molar refractivity (Wildman–Crippen MR) is 64.5 cm³/mol. The van der Waals surface area contributed by atoms with E-state index < -0.39 is 0 Å². The van der Waals surface area contributed by atoms with Gasteiger partial charge in [-0.2, -0.15) is 0 Å². The van der Waals surface area contributed by atoms with Gasteiger partial charge in [0.05, 0.1) is 0 Å². The molecule has 0 spiro atoms. The maximum atomic E-state index is 11.5. The van der Waals surface area contributed by atoms with E-state index in [1.807, 2.05) is 31.3 Å². The van der Waals surface area contributed by atoms with Gasteiger partial charge >= 0.3 is 0 Å². The molecule has 0 unspecified atom stereocenters. The summed E-state index contributed by atoms with van der Waals surface area (Å²) in [5.74, 6) is 0.0426. The van der Waals surface area contributed by atoms with E-state index >= 15 is 0 Å². The summed E-state index contributed by atoms with van der Waals surface area (Å²) in [6, 6.07) is 7.64. The normalized spacial score (nSPS) is 9.27. The number of hydrogen-bond donors (Lipinski definition) is 1. The van der Waals surface area contributed by atoms with Gasteiger partial charge in [-0.05, 0) is 24.7 Å². The molecule has 15 heavy (non-hydrogen) atoms. The number of benzene rings is 1. The molecule has 0 aliphatic carbocycles. The van der Waals surface area contributed by atoms with E-state index in [1.165, 1.54) is 5.56 Å². The standard InChI is InChI=1S/C11H16N2O.ClH/c1-12-8-9-4-6-10(7-5-9)11(14)13(2)3;/h4-7,12H,8H2,1-3H3;1H. The summed E-state index contributed by atoms with van der Waals surface area (Å²) in [7, 11) is 5.41. The van der Waals surface area contributed by atoms with Crippen molar-refractivity contribution in [1.29, 1.82) is 0 Å². The minimum absolute atomic E-state index is 0. The maximum Gasteiger partial charge on any atom is 0.253 e. The summed E-state index contributed by atoms with van der Waals surface area (Å²) >= 11 is 0. The molecule has 1 aromatic carbocycles. The summed E-state index contributed by atoms with van der Waals surface area (Å²) < 4.78 is 0. The van der Waals surface area contributed by atoms with Crippen molar-refractivity contribution >= 4 is 18.3 Å². The fraction of sp³-hybridized carbons (Fsp3) is 0.364. The molecule has 0 atom stereocenters. The second kappa shape index (κ2) is 6.43. The van der Waals surface area contributed by atoms with Crippen LogP contribution in [0, 0.1) is 0 Å². The first-order valence-corrected chi connectivity index (χ1v) is 4.60. The molecule has 0 radical (unpaired) electrons. The molecular weight excluding hydrogens is 212 g/mol. The monoisotopic (exact) mass is 228 g/mol. The van der Waals surface area contributed by atoms with E-state index in [4.69, 9.17) is 0 Å². The zero-order chi connectivity index (χ0) is 10.6. The quantitative estimate of drug-likeness (QED) is 0.851. The Bertz CT molecular complexity index is 309. The molecular formula is C11H17ClN2O. The first kappa shape index (κ1) is 13.9. The highest BCUT2D eigenvalue weighted by molar-refractivity contribution is 5.93. The van der Waals surface area contributed by atoms with E-state index in [0.29, 0.717) is 0 Å². The van der Waals surface area contributed by atoms with E-state index in [0.717, 1.165) is 12.1 Å². The molecule has 0 saturated heterocycles. The van der Waals surface area contributed by atoms with Crippen LogP contribution in [0.5, 0.6) is 0 Å². The molecule has 1 amide bonds. The van der Waals surface area contributed by atoms with Crippen LogP contribution in [0.4, 0.5) is 0 Å². The molecule has 0 aliphatic heterocycles. The number of hydrogen-bond acceptors (Lipinski definition) is 2. The lowest BCUT2D eigenvalue weighted by Crippen LogP contribution is -2.21. The largest absolute Gasteiger partial charge is 0.345 e. The van der Waals surface area contributed by atoms with Gasteiger partial charge in [-0.15, -0.1) is 12.4 Å². The Morgan fingerprint density at radius 1 is 1.27 bits per heavy atom. The van der Waals surface area contributed by atoms with Crippen molar-refractivity contribution in [1.82, 2.24) is 10.2 Å². The van der Waals surface area contributed by atoms with Gasteiger partial charge in [0, 0.05) is 26.2 Å². The van der Waals surface area contributed by atoms with E-state index in [1.54, 1.807) is 19.0 Å². The highest BCUT2D eigenvalue weighted by Crippen LogP contribution is 2.05. The van der Waals surface area contributed by atoms with Gasteiger partial charge in [0.2, 0.25) is 0 Å². The third-order valence-electron chi connectivity index (χ3n) is 1.99. The summed E-state index contributed by atoms with van der Waals surface area (Å²) in [6.07, 6.45) is 0. The van der Waals surface area contributed by atoms with Crippen LogP contribution >= 0.6 is 12.4 Å². The number of amides is 1. The van der Waals surface area contributed by atoms with Gasteiger partial charge in [0.1, 0.15) is 0 Å². The first-order chi connectivity index (χ1) is 6.65. The number of carbonyl (C=O) groups is 1. The summed E-state index contributed by atoms with van der Waals surface area (Å²) in [5, 5.41) is 3.06. The number of carbonyl (C=O) groups excluding carboxylic acids is 1. The summed E-state index contributed by atoms with van der Waals surface area (Å²) in [5.41, 5.74) is 1.91. The lowest BCUT2D eigenvalue weighted by molar-refractivity contribution is 0.0827. The van der Waals surface area contributed by atoms with Crippen LogP contribution in [0.1, 0.15) is 15.9 Å². The average Bonchev–Trinajstić information content (AvgIpc) is 2.18. The van der Waals surface area contributed by atoms with Crippen LogP contribution in [0.25, 0.3) is 0 Å². The van der Waals surface area contributed by atoms with Crippen LogP contribution in [-0.4, -0.2) is 32.0 Å². The van der Waals surface area contributed by atoms with Crippen LogP contribution in [0.15, 0.2) is 24.3 Å². The molecule has 0 saturated carbocycles. The number of rotatable bonds is 3. The van der Waals surface area contributed by atoms with E-state index in [-0.39, 0.29) is 18.3 Å². The minimum Gasteiger partial charge on any atom is -0.345 e. The molecule has 0 aromatic heterocycles.